The molecule has 1 amide bonds. The van der Waals surface area contributed by atoms with Gasteiger partial charge in [0.25, 0.3) is 0 Å². The molecule has 0 spiro atoms. The first kappa shape index (κ1) is 25.9. The monoisotopic (exact) mass is 525 g/mol. The van der Waals surface area contributed by atoms with Gasteiger partial charge in [0.05, 0.1) is 16.3 Å². The fraction of sp³-hybridized carbons (Fsp3) is 0.536. The zero-order valence-electron chi connectivity index (χ0n) is 21.6. The minimum atomic E-state index is -3.49. The molecule has 0 radical (unpaired) electrons. The van der Waals surface area contributed by atoms with Gasteiger partial charge in [-0.15, -0.1) is 5.01 Å². The Morgan fingerprint density at radius 1 is 0.973 bits per heavy atom. The maximum atomic E-state index is 13.2. The molecule has 1 N–H and O–H groups in total. The van der Waals surface area contributed by atoms with Crippen LogP contribution in [0.1, 0.15) is 43.7 Å². The van der Waals surface area contributed by atoms with E-state index in [0.29, 0.717) is 42.9 Å². The molecule has 4 unspecified atom stereocenters. The fourth-order valence-electron chi connectivity index (χ4n) is 6.45. The Labute approximate surface area is 219 Å². The van der Waals surface area contributed by atoms with E-state index >= 15 is 0 Å². The SMILES string of the molecule is Cc1ccc(S(=O)(=O)N2CCC(C3CCN4C(C3)C(C(=O)NCc3ccccc3)C(C)[N+]4=O)CC2)cc1. The van der Waals surface area contributed by atoms with Gasteiger partial charge in [0.2, 0.25) is 22.0 Å². The van der Waals surface area contributed by atoms with Gasteiger partial charge in [-0.1, -0.05) is 48.0 Å². The first-order valence-corrected chi connectivity index (χ1v) is 14.8. The predicted octanol–water partition coefficient (Wildman–Crippen LogP) is 3.50. The molecule has 198 valence electrons. The Morgan fingerprint density at radius 3 is 2.30 bits per heavy atom. The Hall–Kier alpha value is -2.78. The van der Waals surface area contributed by atoms with Gasteiger partial charge in [-0.05, 0) is 62.1 Å². The van der Waals surface area contributed by atoms with Gasteiger partial charge in [0, 0.05) is 26.6 Å². The van der Waals surface area contributed by atoms with Gasteiger partial charge in [0.15, 0.2) is 0 Å². The van der Waals surface area contributed by atoms with Crippen LogP contribution in [0.2, 0.25) is 0 Å². The number of fused-ring (bicyclic) bond motifs is 1. The predicted molar refractivity (Wildman–Crippen MR) is 141 cm³/mol. The van der Waals surface area contributed by atoms with Crippen molar-refractivity contribution in [3.63, 3.8) is 0 Å². The second-order valence-electron chi connectivity index (χ2n) is 10.8. The zero-order chi connectivity index (χ0) is 26.2. The molecule has 9 heteroatoms. The third kappa shape index (κ3) is 5.16. The van der Waals surface area contributed by atoms with E-state index in [1.54, 1.807) is 16.4 Å². The van der Waals surface area contributed by atoms with Crippen LogP contribution < -0.4 is 5.32 Å². The van der Waals surface area contributed by atoms with E-state index in [1.165, 1.54) is 0 Å². The van der Waals surface area contributed by atoms with E-state index in [-0.39, 0.29) is 17.9 Å². The zero-order valence-corrected chi connectivity index (χ0v) is 22.4. The molecule has 5 rings (SSSR count). The Kier molecular flexibility index (Phi) is 7.36. The van der Waals surface area contributed by atoms with E-state index in [1.807, 2.05) is 61.3 Å². The number of nitrogens with zero attached hydrogens (tertiary/aromatic N) is 3. The summed E-state index contributed by atoms with van der Waals surface area (Å²) in [6.07, 6.45) is 3.31. The van der Waals surface area contributed by atoms with Crippen molar-refractivity contribution in [1.29, 1.82) is 0 Å². The van der Waals surface area contributed by atoms with Crippen molar-refractivity contribution in [1.82, 2.24) is 14.6 Å². The molecule has 2 aromatic rings. The van der Waals surface area contributed by atoms with Crippen LogP contribution in [0.5, 0.6) is 0 Å². The molecular formula is C28H37N4O4S+. The maximum Gasteiger partial charge on any atom is 0.245 e. The smallest absolute Gasteiger partial charge is 0.245 e. The highest BCUT2D eigenvalue weighted by Crippen LogP contribution is 2.41. The average Bonchev–Trinajstić information content (AvgIpc) is 3.17. The Balaban J connectivity index is 1.21. The van der Waals surface area contributed by atoms with E-state index in [9.17, 15) is 18.1 Å². The maximum absolute atomic E-state index is 13.2. The van der Waals surface area contributed by atoms with Gasteiger partial charge in [-0.2, -0.15) is 4.31 Å². The molecule has 0 bridgehead atoms. The van der Waals surface area contributed by atoms with Gasteiger partial charge in [-0.3, -0.25) is 4.79 Å². The first-order valence-electron chi connectivity index (χ1n) is 13.4. The van der Waals surface area contributed by atoms with Crippen molar-refractivity contribution in [3.05, 3.63) is 70.6 Å². The Bertz CT molecular complexity index is 1230. The molecule has 3 aliphatic heterocycles. The number of nitrogens with one attached hydrogen (secondary N) is 1. The summed E-state index contributed by atoms with van der Waals surface area (Å²) >= 11 is 0. The topological polar surface area (TPSA) is 89.8 Å². The molecule has 3 heterocycles. The normalized spacial score (nSPS) is 27.2. The highest BCUT2D eigenvalue weighted by Gasteiger charge is 2.58. The summed E-state index contributed by atoms with van der Waals surface area (Å²) in [5, 5.41) is 4.91. The van der Waals surface area contributed by atoms with Crippen molar-refractivity contribution >= 4 is 15.9 Å². The summed E-state index contributed by atoms with van der Waals surface area (Å²) < 4.78 is 27.9. The quantitative estimate of drug-likeness (QED) is 0.583. The lowest BCUT2D eigenvalue weighted by molar-refractivity contribution is -0.716. The van der Waals surface area contributed by atoms with Gasteiger partial charge < -0.3 is 5.32 Å². The molecule has 0 saturated carbocycles. The number of piperidine rings is 2. The van der Waals surface area contributed by atoms with Crippen LogP contribution >= 0.6 is 0 Å². The van der Waals surface area contributed by atoms with Crippen molar-refractivity contribution in [2.24, 2.45) is 17.8 Å². The highest BCUT2D eigenvalue weighted by molar-refractivity contribution is 7.89. The molecule has 2 aromatic carbocycles. The number of aryl methyl sites for hydroxylation is 1. The molecule has 3 fully saturated rings. The van der Waals surface area contributed by atoms with Crippen LogP contribution in [0.15, 0.2) is 59.5 Å². The van der Waals surface area contributed by atoms with E-state index in [2.05, 4.69) is 5.32 Å². The number of hydrogen-bond donors (Lipinski definition) is 1. The summed E-state index contributed by atoms with van der Waals surface area (Å²) in [6.45, 7) is 5.91. The van der Waals surface area contributed by atoms with Crippen LogP contribution in [-0.4, -0.2) is 60.2 Å². The molecule has 0 aromatic heterocycles. The summed E-state index contributed by atoms with van der Waals surface area (Å²) in [4.78, 5) is 27.5. The van der Waals surface area contributed by atoms with Crippen LogP contribution in [0, 0.1) is 29.6 Å². The van der Waals surface area contributed by atoms with E-state index in [4.69, 9.17) is 0 Å². The van der Waals surface area contributed by atoms with Gasteiger partial charge in [-0.25, -0.2) is 8.42 Å². The van der Waals surface area contributed by atoms with E-state index in [0.717, 1.165) is 41.7 Å². The number of benzene rings is 2. The number of hydrazine groups is 1. The first-order chi connectivity index (χ1) is 17.8. The van der Waals surface area contributed by atoms with Crippen LogP contribution in [0.4, 0.5) is 0 Å². The lowest BCUT2D eigenvalue weighted by Gasteiger charge is -2.39. The second-order valence-corrected chi connectivity index (χ2v) is 12.8. The largest absolute Gasteiger partial charge is 0.351 e. The van der Waals surface area contributed by atoms with Crippen molar-refractivity contribution in [3.8, 4) is 0 Å². The number of amides is 1. The molecular weight excluding hydrogens is 488 g/mol. The lowest BCUT2D eigenvalue weighted by atomic mass is 9.74. The summed E-state index contributed by atoms with van der Waals surface area (Å²) in [7, 11) is -3.49. The highest BCUT2D eigenvalue weighted by atomic mass is 32.2. The van der Waals surface area contributed by atoms with Crippen molar-refractivity contribution in [2.75, 3.05) is 19.6 Å². The third-order valence-corrected chi connectivity index (χ3v) is 10.5. The minimum Gasteiger partial charge on any atom is -0.351 e. The van der Waals surface area contributed by atoms with Crippen molar-refractivity contribution < 1.29 is 18.1 Å². The van der Waals surface area contributed by atoms with Gasteiger partial charge in [0.1, 0.15) is 16.8 Å². The van der Waals surface area contributed by atoms with Gasteiger partial charge >= 0.3 is 0 Å². The van der Waals surface area contributed by atoms with Crippen LogP contribution in [0.25, 0.3) is 0 Å². The summed E-state index contributed by atoms with van der Waals surface area (Å²) in [5.74, 6) is 0.333. The molecule has 3 aliphatic rings. The fourth-order valence-corrected chi connectivity index (χ4v) is 7.92. The number of sulfonamides is 1. The molecule has 37 heavy (non-hydrogen) atoms. The summed E-state index contributed by atoms with van der Waals surface area (Å²) in [6, 6.07) is 16.3. The van der Waals surface area contributed by atoms with Crippen LogP contribution in [-0.2, 0) is 21.4 Å². The number of carbonyl (C=O) groups is 1. The van der Waals surface area contributed by atoms with Crippen LogP contribution in [0.3, 0.4) is 0 Å². The molecule has 4 atom stereocenters. The molecule has 0 aliphatic carbocycles. The summed E-state index contributed by atoms with van der Waals surface area (Å²) in [5.41, 5.74) is 2.07. The number of rotatable bonds is 6. The standard InChI is InChI=1S/C28H36N4O4S/c1-20-8-10-25(11-9-20)37(35,36)30-15-12-23(13-16-30)24-14-17-31-26(18-24)27(21(2)32(31)34)28(33)29-19-22-6-4-3-5-7-22/h3-11,21,23-24,26-27H,12-19H2,1-2H3/p+1. The van der Waals surface area contributed by atoms with Crippen molar-refractivity contribution in [2.45, 2.75) is 63.1 Å². The van der Waals surface area contributed by atoms with E-state index < -0.39 is 16.1 Å². The minimum absolute atomic E-state index is 0.0654. The number of hydrogen-bond acceptors (Lipinski definition) is 4. The lowest BCUT2D eigenvalue weighted by Crippen LogP contribution is -2.48. The molecule has 3 saturated heterocycles. The number of carbonyl (C=O) groups excluding carboxylic acids is 1. The Morgan fingerprint density at radius 2 is 1.62 bits per heavy atom. The average molecular weight is 526 g/mol. The molecule has 8 nitrogen and oxygen atoms in total. The third-order valence-electron chi connectivity index (χ3n) is 8.63. The second kappa shape index (κ2) is 10.5. The number of nitroso groups, excluding NO2 is 1.